The second kappa shape index (κ2) is 5.02. The summed E-state index contributed by atoms with van der Waals surface area (Å²) in [5, 5.41) is 13.5. The van der Waals surface area contributed by atoms with E-state index in [9.17, 15) is 5.26 Å². The second-order valence-electron chi connectivity index (χ2n) is 4.31. The SMILES string of the molecule is CCCN(c1c(C#N)c(C)nn1C)C(C)C. The Hall–Kier alpha value is -1.50. The molecule has 0 aromatic carbocycles. The van der Waals surface area contributed by atoms with Crippen LogP contribution in [0.4, 0.5) is 5.82 Å². The molecule has 0 saturated carbocycles. The third-order valence-electron chi connectivity index (χ3n) is 2.66. The molecule has 0 amide bonds. The highest BCUT2D eigenvalue weighted by molar-refractivity contribution is 5.57. The number of rotatable bonds is 4. The zero-order valence-electron chi connectivity index (χ0n) is 10.8. The van der Waals surface area contributed by atoms with Crippen molar-refractivity contribution in [1.82, 2.24) is 9.78 Å². The van der Waals surface area contributed by atoms with Crippen molar-refractivity contribution in [2.75, 3.05) is 11.4 Å². The highest BCUT2D eigenvalue weighted by Gasteiger charge is 2.20. The first-order valence-electron chi connectivity index (χ1n) is 5.73. The van der Waals surface area contributed by atoms with Crippen LogP contribution in [0.15, 0.2) is 0 Å². The maximum atomic E-state index is 9.18. The van der Waals surface area contributed by atoms with E-state index in [1.165, 1.54) is 0 Å². The van der Waals surface area contributed by atoms with Gasteiger partial charge in [-0.25, -0.2) is 0 Å². The number of nitrogens with zero attached hydrogens (tertiary/aromatic N) is 4. The molecule has 88 valence electrons. The number of hydrogen-bond acceptors (Lipinski definition) is 3. The molecule has 0 fully saturated rings. The molecule has 0 aliphatic heterocycles. The van der Waals surface area contributed by atoms with Crippen molar-refractivity contribution in [3.8, 4) is 6.07 Å². The van der Waals surface area contributed by atoms with E-state index < -0.39 is 0 Å². The number of aryl methyl sites for hydroxylation is 2. The number of hydrogen-bond donors (Lipinski definition) is 0. The fourth-order valence-electron chi connectivity index (χ4n) is 1.96. The van der Waals surface area contributed by atoms with Crippen LogP contribution in [-0.4, -0.2) is 22.4 Å². The predicted octanol–water partition coefficient (Wildman–Crippen LogP) is 2.22. The van der Waals surface area contributed by atoms with Crippen molar-refractivity contribution in [3.63, 3.8) is 0 Å². The first kappa shape index (κ1) is 12.6. The Labute approximate surface area is 97.5 Å². The molecule has 0 saturated heterocycles. The van der Waals surface area contributed by atoms with Crippen LogP contribution in [0.3, 0.4) is 0 Å². The lowest BCUT2D eigenvalue weighted by molar-refractivity contribution is 0.628. The van der Waals surface area contributed by atoms with Crippen LogP contribution in [0.2, 0.25) is 0 Å². The molecule has 16 heavy (non-hydrogen) atoms. The third-order valence-corrected chi connectivity index (χ3v) is 2.66. The Morgan fingerprint density at radius 2 is 2.12 bits per heavy atom. The molecule has 1 aromatic heterocycles. The fraction of sp³-hybridized carbons (Fsp3) is 0.667. The lowest BCUT2D eigenvalue weighted by Gasteiger charge is -2.28. The van der Waals surface area contributed by atoms with Gasteiger partial charge in [0.25, 0.3) is 0 Å². The van der Waals surface area contributed by atoms with E-state index in [4.69, 9.17) is 0 Å². The van der Waals surface area contributed by atoms with Gasteiger partial charge in [0, 0.05) is 19.6 Å². The van der Waals surface area contributed by atoms with Gasteiger partial charge >= 0.3 is 0 Å². The summed E-state index contributed by atoms with van der Waals surface area (Å²) in [4.78, 5) is 2.23. The molecule has 0 radical (unpaired) electrons. The van der Waals surface area contributed by atoms with Crippen molar-refractivity contribution in [3.05, 3.63) is 11.3 Å². The van der Waals surface area contributed by atoms with Crippen molar-refractivity contribution in [2.24, 2.45) is 7.05 Å². The van der Waals surface area contributed by atoms with Gasteiger partial charge in [0.15, 0.2) is 0 Å². The first-order valence-corrected chi connectivity index (χ1v) is 5.73. The Bertz CT molecular complexity index is 398. The minimum absolute atomic E-state index is 0.377. The van der Waals surface area contributed by atoms with Gasteiger partial charge in [0.1, 0.15) is 17.5 Å². The molecule has 0 N–H and O–H groups in total. The Morgan fingerprint density at radius 3 is 2.56 bits per heavy atom. The number of anilines is 1. The van der Waals surface area contributed by atoms with E-state index in [1.807, 2.05) is 18.7 Å². The van der Waals surface area contributed by atoms with Crippen LogP contribution < -0.4 is 4.90 Å². The average Bonchev–Trinajstić information content (AvgIpc) is 2.49. The molecule has 0 bridgehead atoms. The Kier molecular flexibility index (Phi) is 3.94. The van der Waals surface area contributed by atoms with Crippen molar-refractivity contribution >= 4 is 5.82 Å². The lowest BCUT2D eigenvalue weighted by atomic mass is 10.2. The van der Waals surface area contributed by atoms with Gasteiger partial charge in [0.05, 0.1) is 5.69 Å². The molecule has 0 atom stereocenters. The fourth-order valence-corrected chi connectivity index (χ4v) is 1.96. The Morgan fingerprint density at radius 1 is 1.50 bits per heavy atom. The molecule has 4 heteroatoms. The minimum Gasteiger partial charge on any atom is -0.353 e. The summed E-state index contributed by atoms with van der Waals surface area (Å²) in [6.45, 7) is 9.25. The zero-order valence-corrected chi connectivity index (χ0v) is 10.8. The first-order chi connectivity index (χ1) is 7.52. The summed E-state index contributed by atoms with van der Waals surface area (Å²) >= 11 is 0. The van der Waals surface area contributed by atoms with Crippen LogP contribution >= 0.6 is 0 Å². The normalized spacial score (nSPS) is 10.6. The van der Waals surface area contributed by atoms with E-state index >= 15 is 0 Å². The topological polar surface area (TPSA) is 44.9 Å². The molecule has 0 aliphatic rings. The third kappa shape index (κ3) is 2.19. The van der Waals surface area contributed by atoms with Gasteiger partial charge in [0.2, 0.25) is 0 Å². The number of aromatic nitrogens is 2. The molecule has 0 aliphatic carbocycles. The van der Waals surface area contributed by atoms with Crippen molar-refractivity contribution in [1.29, 1.82) is 5.26 Å². The van der Waals surface area contributed by atoms with Gasteiger partial charge in [-0.1, -0.05) is 6.92 Å². The molecule has 1 rings (SSSR count). The summed E-state index contributed by atoms with van der Waals surface area (Å²) < 4.78 is 1.81. The summed E-state index contributed by atoms with van der Waals surface area (Å²) in [6, 6.07) is 2.63. The predicted molar refractivity (Wildman–Crippen MR) is 65.4 cm³/mol. The highest BCUT2D eigenvalue weighted by Crippen LogP contribution is 2.24. The molecule has 0 spiro atoms. The smallest absolute Gasteiger partial charge is 0.145 e. The van der Waals surface area contributed by atoms with Crippen LogP contribution in [0.5, 0.6) is 0 Å². The van der Waals surface area contributed by atoms with Gasteiger partial charge in [-0.3, -0.25) is 4.68 Å². The van der Waals surface area contributed by atoms with Gasteiger partial charge in [-0.2, -0.15) is 10.4 Å². The molecule has 1 aromatic rings. The summed E-state index contributed by atoms with van der Waals surface area (Å²) in [5.74, 6) is 0.942. The van der Waals surface area contributed by atoms with E-state index in [-0.39, 0.29) is 0 Å². The maximum absolute atomic E-state index is 9.18. The lowest BCUT2D eigenvalue weighted by Crippen LogP contribution is -2.33. The molecule has 0 unspecified atom stereocenters. The van der Waals surface area contributed by atoms with Crippen LogP contribution in [0.25, 0.3) is 0 Å². The van der Waals surface area contributed by atoms with E-state index in [0.29, 0.717) is 11.6 Å². The summed E-state index contributed by atoms with van der Waals surface area (Å²) in [6.07, 6.45) is 1.06. The minimum atomic E-state index is 0.377. The van der Waals surface area contributed by atoms with Crippen molar-refractivity contribution in [2.45, 2.75) is 40.2 Å². The highest BCUT2D eigenvalue weighted by atomic mass is 15.4. The van der Waals surface area contributed by atoms with Gasteiger partial charge in [-0.15, -0.1) is 0 Å². The van der Waals surface area contributed by atoms with Crippen LogP contribution in [-0.2, 0) is 7.05 Å². The quantitative estimate of drug-likeness (QED) is 0.781. The van der Waals surface area contributed by atoms with E-state index in [2.05, 4.69) is 36.8 Å². The number of nitriles is 1. The van der Waals surface area contributed by atoms with E-state index in [1.54, 1.807) is 0 Å². The van der Waals surface area contributed by atoms with Crippen molar-refractivity contribution < 1.29 is 0 Å². The monoisotopic (exact) mass is 220 g/mol. The molecular weight excluding hydrogens is 200 g/mol. The van der Waals surface area contributed by atoms with Gasteiger partial charge in [-0.05, 0) is 27.2 Å². The van der Waals surface area contributed by atoms with Crippen LogP contribution in [0, 0.1) is 18.3 Å². The van der Waals surface area contributed by atoms with Crippen LogP contribution in [0.1, 0.15) is 38.4 Å². The maximum Gasteiger partial charge on any atom is 0.145 e. The standard InChI is InChI=1S/C12H20N4/c1-6-7-16(9(2)3)12-11(8-13)10(4)14-15(12)5/h9H,6-7H2,1-5H3. The van der Waals surface area contributed by atoms with E-state index in [0.717, 1.165) is 24.5 Å². The molecule has 4 nitrogen and oxygen atoms in total. The molecular formula is C12H20N4. The zero-order chi connectivity index (χ0) is 12.3. The second-order valence-corrected chi connectivity index (χ2v) is 4.31. The largest absolute Gasteiger partial charge is 0.353 e. The average molecular weight is 220 g/mol. The Balaban J connectivity index is 3.23. The summed E-state index contributed by atoms with van der Waals surface area (Å²) in [5.41, 5.74) is 1.51. The molecule has 1 heterocycles. The van der Waals surface area contributed by atoms with Gasteiger partial charge < -0.3 is 4.90 Å². The summed E-state index contributed by atoms with van der Waals surface area (Å²) in [7, 11) is 1.90.